The molecule has 0 aliphatic rings. The molecule has 1 heterocycles. The number of hydrogen-bond acceptors (Lipinski definition) is 2. The summed E-state index contributed by atoms with van der Waals surface area (Å²) < 4.78 is 39.5. The summed E-state index contributed by atoms with van der Waals surface area (Å²) in [5, 5.41) is 0.839. The average molecular weight is 358 g/mol. The number of aromatic nitrogens is 2. The summed E-state index contributed by atoms with van der Waals surface area (Å²) in [5.41, 5.74) is 3.53. The van der Waals surface area contributed by atoms with Crippen LogP contribution >= 0.6 is 0 Å². The second-order valence-corrected chi connectivity index (χ2v) is 7.51. The van der Waals surface area contributed by atoms with Crippen LogP contribution in [0.4, 0.5) is 13.2 Å². The molecule has 0 saturated heterocycles. The van der Waals surface area contributed by atoms with Crippen molar-refractivity contribution in [2.24, 2.45) is 5.41 Å². The van der Waals surface area contributed by atoms with Crippen LogP contribution in [0.15, 0.2) is 42.7 Å². The van der Waals surface area contributed by atoms with Crippen molar-refractivity contribution in [2.45, 2.75) is 40.3 Å². The maximum absolute atomic E-state index is 13.2. The summed E-state index contributed by atoms with van der Waals surface area (Å²) >= 11 is 0. The quantitative estimate of drug-likeness (QED) is 0.570. The lowest BCUT2D eigenvalue weighted by Gasteiger charge is -2.27. The highest BCUT2D eigenvalue weighted by atomic mass is 19.4. The largest absolute Gasteiger partial charge is 0.394 e. The molecule has 0 saturated carbocycles. The van der Waals surface area contributed by atoms with Gasteiger partial charge in [0.15, 0.2) is 0 Å². The van der Waals surface area contributed by atoms with Crippen LogP contribution in [-0.2, 0) is 6.42 Å². The van der Waals surface area contributed by atoms with E-state index in [9.17, 15) is 13.2 Å². The molecule has 2 aromatic carbocycles. The molecule has 0 aliphatic heterocycles. The molecule has 136 valence electrons. The Labute approximate surface area is 151 Å². The van der Waals surface area contributed by atoms with Gasteiger partial charge in [0, 0.05) is 10.9 Å². The van der Waals surface area contributed by atoms with Gasteiger partial charge in [0.25, 0.3) is 0 Å². The third-order valence-electron chi connectivity index (χ3n) is 4.61. The molecule has 0 unspecified atom stereocenters. The van der Waals surface area contributed by atoms with Crippen LogP contribution in [0.5, 0.6) is 0 Å². The van der Waals surface area contributed by atoms with Crippen molar-refractivity contribution >= 4 is 10.9 Å². The molecule has 26 heavy (non-hydrogen) atoms. The van der Waals surface area contributed by atoms with Crippen LogP contribution in [0.2, 0.25) is 0 Å². The van der Waals surface area contributed by atoms with Crippen LogP contribution in [0.3, 0.4) is 0 Å². The lowest BCUT2D eigenvalue weighted by molar-refractivity contribution is -0.211. The van der Waals surface area contributed by atoms with Crippen LogP contribution in [-0.4, -0.2) is 16.1 Å². The minimum Gasteiger partial charge on any atom is -0.236 e. The Balaban J connectivity index is 2.05. The monoisotopic (exact) mass is 358 g/mol. The van der Waals surface area contributed by atoms with Crippen LogP contribution in [0.25, 0.3) is 22.2 Å². The van der Waals surface area contributed by atoms with E-state index in [1.54, 1.807) is 12.1 Å². The summed E-state index contributed by atoms with van der Waals surface area (Å²) in [6.07, 6.45) is -2.87. The first kappa shape index (κ1) is 18.4. The van der Waals surface area contributed by atoms with E-state index in [1.807, 2.05) is 19.9 Å². The molecule has 1 aromatic heterocycles. The van der Waals surface area contributed by atoms with Crippen LogP contribution in [0, 0.1) is 19.3 Å². The molecule has 0 spiro atoms. The topological polar surface area (TPSA) is 25.8 Å². The molecular weight excluding hydrogens is 337 g/mol. The number of hydrogen-bond donors (Lipinski definition) is 0. The smallest absolute Gasteiger partial charge is 0.236 e. The van der Waals surface area contributed by atoms with E-state index in [0.29, 0.717) is 11.1 Å². The summed E-state index contributed by atoms with van der Waals surface area (Å²) in [6, 6.07) is 11.5. The molecule has 5 heteroatoms. The second kappa shape index (κ2) is 6.38. The van der Waals surface area contributed by atoms with Crippen molar-refractivity contribution in [3.05, 3.63) is 59.4 Å². The van der Waals surface area contributed by atoms with Gasteiger partial charge < -0.3 is 0 Å². The number of benzene rings is 2. The van der Waals surface area contributed by atoms with E-state index in [2.05, 4.69) is 28.2 Å². The number of aryl methyl sites for hydroxylation is 2. The normalized spacial score (nSPS) is 12.6. The Bertz CT molecular complexity index is 939. The first-order valence-corrected chi connectivity index (χ1v) is 8.46. The predicted octanol–water partition coefficient (Wildman–Crippen LogP) is 6.04. The molecule has 0 aliphatic carbocycles. The van der Waals surface area contributed by atoms with Gasteiger partial charge in [0.1, 0.15) is 6.33 Å². The van der Waals surface area contributed by atoms with Gasteiger partial charge in [-0.15, -0.1) is 0 Å². The van der Waals surface area contributed by atoms with Gasteiger partial charge in [0.05, 0.1) is 16.6 Å². The number of rotatable bonds is 3. The maximum atomic E-state index is 13.2. The van der Waals surface area contributed by atoms with E-state index >= 15 is 0 Å². The average Bonchev–Trinajstić information content (AvgIpc) is 2.51. The first-order valence-electron chi connectivity index (χ1n) is 8.46. The third kappa shape index (κ3) is 3.57. The summed E-state index contributed by atoms with van der Waals surface area (Å²) in [6.45, 7) is 6.49. The minimum atomic E-state index is -4.25. The Morgan fingerprint density at radius 3 is 2.15 bits per heavy atom. The van der Waals surface area contributed by atoms with Gasteiger partial charge in [-0.05, 0) is 44.0 Å². The third-order valence-corrected chi connectivity index (χ3v) is 4.61. The number of alkyl halides is 3. The fraction of sp³-hybridized carbons (Fsp3) is 0.333. The van der Waals surface area contributed by atoms with Gasteiger partial charge in [-0.25, -0.2) is 9.97 Å². The molecule has 3 aromatic rings. The van der Waals surface area contributed by atoms with Crippen LogP contribution < -0.4 is 0 Å². The van der Waals surface area contributed by atoms with Crippen molar-refractivity contribution < 1.29 is 13.2 Å². The Kier molecular flexibility index (Phi) is 4.51. The molecule has 0 radical (unpaired) electrons. The number of fused-ring (bicyclic) bond motifs is 1. The summed E-state index contributed by atoms with van der Waals surface area (Å²) in [5.74, 6) is 0. The van der Waals surface area contributed by atoms with E-state index in [4.69, 9.17) is 0 Å². The standard InChI is InChI=1S/C21H21F3N2/c1-13-7-14(2)9-16(8-13)19-17-6-5-15(10-18(17)25-12-26-19)11-20(3,4)21(22,23)24/h5-10,12H,11H2,1-4H3. The van der Waals surface area contributed by atoms with Gasteiger partial charge in [-0.3, -0.25) is 0 Å². The molecule has 0 atom stereocenters. The Morgan fingerprint density at radius 2 is 1.54 bits per heavy atom. The zero-order valence-electron chi connectivity index (χ0n) is 15.3. The molecule has 3 rings (SSSR count). The fourth-order valence-electron chi connectivity index (χ4n) is 3.16. The highest BCUT2D eigenvalue weighted by Crippen LogP contribution is 2.40. The molecule has 0 amide bonds. The Hall–Kier alpha value is -2.43. The molecule has 2 nitrogen and oxygen atoms in total. The molecular formula is C21H21F3N2. The van der Waals surface area contributed by atoms with E-state index in [-0.39, 0.29) is 6.42 Å². The Morgan fingerprint density at radius 1 is 0.885 bits per heavy atom. The lowest BCUT2D eigenvalue weighted by Crippen LogP contribution is -2.34. The van der Waals surface area contributed by atoms with Crippen LogP contribution in [0.1, 0.15) is 30.5 Å². The van der Waals surface area contributed by atoms with Crippen molar-refractivity contribution in [3.63, 3.8) is 0 Å². The van der Waals surface area contributed by atoms with Gasteiger partial charge in [-0.2, -0.15) is 13.2 Å². The minimum absolute atomic E-state index is 0.0880. The van der Waals surface area contributed by atoms with Crippen molar-refractivity contribution in [2.75, 3.05) is 0 Å². The van der Waals surface area contributed by atoms with E-state index < -0.39 is 11.6 Å². The van der Waals surface area contributed by atoms with Gasteiger partial charge in [-0.1, -0.05) is 43.2 Å². The maximum Gasteiger partial charge on any atom is 0.394 e. The zero-order chi connectivity index (χ0) is 19.1. The molecule has 0 N–H and O–H groups in total. The van der Waals surface area contributed by atoms with Crippen molar-refractivity contribution in [1.29, 1.82) is 0 Å². The SMILES string of the molecule is Cc1cc(C)cc(-c2ncnc3cc(CC(C)(C)C(F)(F)F)ccc23)c1. The summed E-state index contributed by atoms with van der Waals surface area (Å²) in [7, 11) is 0. The van der Waals surface area contributed by atoms with Gasteiger partial charge in [0.2, 0.25) is 0 Å². The molecule has 0 bridgehead atoms. The highest BCUT2D eigenvalue weighted by Gasteiger charge is 2.46. The first-order chi connectivity index (χ1) is 12.1. The van der Waals surface area contributed by atoms with Crippen molar-refractivity contribution in [3.8, 4) is 11.3 Å². The molecule has 0 fully saturated rings. The highest BCUT2D eigenvalue weighted by molar-refractivity contribution is 5.92. The van der Waals surface area contributed by atoms with Gasteiger partial charge >= 0.3 is 6.18 Å². The summed E-state index contributed by atoms with van der Waals surface area (Å²) in [4.78, 5) is 8.68. The lowest BCUT2D eigenvalue weighted by atomic mass is 9.85. The van der Waals surface area contributed by atoms with E-state index in [0.717, 1.165) is 27.8 Å². The predicted molar refractivity (Wildman–Crippen MR) is 98.0 cm³/mol. The number of halogens is 3. The zero-order valence-corrected chi connectivity index (χ0v) is 15.3. The number of nitrogens with zero attached hydrogens (tertiary/aromatic N) is 2. The fourth-order valence-corrected chi connectivity index (χ4v) is 3.16. The second-order valence-electron chi connectivity index (χ2n) is 7.51. The van der Waals surface area contributed by atoms with E-state index in [1.165, 1.54) is 20.2 Å². The van der Waals surface area contributed by atoms with Crippen molar-refractivity contribution in [1.82, 2.24) is 9.97 Å².